The lowest BCUT2D eigenvalue weighted by Gasteiger charge is -2.19. The molecule has 0 bridgehead atoms. The van der Waals surface area contributed by atoms with Crippen molar-refractivity contribution in [2.45, 2.75) is 19.4 Å². The maximum atomic E-state index is 5.52. The highest BCUT2D eigenvalue weighted by Gasteiger charge is 2.21. The van der Waals surface area contributed by atoms with Gasteiger partial charge in [0.25, 0.3) is 0 Å². The van der Waals surface area contributed by atoms with Gasteiger partial charge in [-0.05, 0) is 33.4 Å². The molecule has 0 aliphatic carbocycles. The molecule has 0 spiro atoms. The van der Waals surface area contributed by atoms with Gasteiger partial charge in [-0.25, -0.2) is 0 Å². The number of hydrogen-bond donors (Lipinski definition) is 1. The second kappa shape index (κ2) is 8.01. The van der Waals surface area contributed by atoms with Crippen LogP contribution in [0.25, 0.3) is 0 Å². The molecule has 1 rings (SSSR count). The zero-order chi connectivity index (χ0) is 11.8. The molecule has 0 aromatic rings. The van der Waals surface area contributed by atoms with Crippen molar-refractivity contribution in [3.63, 3.8) is 0 Å². The Morgan fingerprint density at radius 3 is 2.88 bits per heavy atom. The van der Waals surface area contributed by atoms with Crippen LogP contribution in [0.1, 0.15) is 13.3 Å². The van der Waals surface area contributed by atoms with Gasteiger partial charge in [0.1, 0.15) is 0 Å². The topological polar surface area (TPSA) is 33.7 Å². The first-order valence-electron chi connectivity index (χ1n) is 6.23. The first kappa shape index (κ1) is 13.9. The van der Waals surface area contributed by atoms with Crippen molar-refractivity contribution in [3.05, 3.63) is 0 Å². The summed E-state index contributed by atoms with van der Waals surface area (Å²) in [7, 11) is 4.12. The summed E-state index contributed by atoms with van der Waals surface area (Å²) in [5, 5.41) is 3.49. The number of nitrogens with one attached hydrogen (secondary N) is 1. The van der Waals surface area contributed by atoms with Crippen molar-refractivity contribution in [1.82, 2.24) is 10.2 Å². The van der Waals surface area contributed by atoms with Crippen molar-refractivity contribution in [1.29, 1.82) is 0 Å². The highest BCUT2D eigenvalue weighted by molar-refractivity contribution is 4.75. The lowest BCUT2D eigenvalue weighted by molar-refractivity contribution is 0.115. The molecule has 1 N–H and O–H groups in total. The van der Waals surface area contributed by atoms with E-state index < -0.39 is 0 Å². The standard InChI is InChI=1S/C12H26N2O2/c1-11(12-4-7-16-10-12)13-5-8-15-9-6-14(2)3/h11-13H,4-10H2,1-3H3. The molecule has 1 aliphatic rings. The molecule has 1 saturated heterocycles. The van der Waals surface area contributed by atoms with Crippen LogP contribution in [0.3, 0.4) is 0 Å². The van der Waals surface area contributed by atoms with Crippen molar-refractivity contribution in [2.24, 2.45) is 5.92 Å². The van der Waals surface area contributed by atoms with Crippen LogP contribution in [0.4, 0.5) is 0 Å². The van der Waals surface area contributed by atoms with Crippen LogP contribution in [0, 0.1) is 5.92 Å². The molecule has 1 aliphatic heterocycles. The summed E-state index contributed by atoms with van der Waals surface area (Å²) >= 11 is 0. The maximum Gasteiger partial charge on any atom is 0.0593 e. The number of ether oxygens (including phenoxy) is 2. The van der Waals surface area contributed by atoms with Crippen LogP contribution in [-0.2, 0) is 9.47 Å². The average molecular weight is 230 g/mol. The van der Waals surface area contributed by atoms with Crippen LogP contribution in [0.2, 0.25) is 0 Å². The fourth-order valence-corrected chi connectivity index (χ4v) is 1.82. The summed E-state index contributed by atoms with van der Waals surface area (Å²) in [5.74, 6) is 0.682. The van der Waals surface area contributed by atoms with E-state index in [1.165, 1.54) is 6.42 Å². The average Bonchev–Trinajstić information content (AvgIpc) is 2.75. The summed E-state index contributed by atoms with van der Waals surface area (Å²) in [6.45, 7) is 7.61. The Balaban J connectivity index is 1.90. The SMILES string of the molecule is CC(NCCOCCN(C)C)C1CCOC1. The third-order valence-electron chi connectivity index (χ3n) is 3.07. The van der Waals surface area contributed by atoms with Crippen LogP contribution in [0.15, 0.2) is 0 Å². The van der Waals surface area contributed by atoms with E-state index in [2.05, 4.69) is 31.2 Å². The molecule has 0 radical (unpaired) electrons. The van der Waals surface area contributed by atoms with E-state index in [1.54, 1.807) is 0 Å². The van der Waals surface area contributed by atoms with Crippen LogP contribution in [-0.4, -0.2) is 64.6 Å². The van der Waals surface area contributed by atoms with E-state index in [1.807, 2.05) is 0 Å². The molecule has 0 saturated carbocycles. The summed E-state index contributed by atoms with van der Waals surface area (Å²) in [6, 6.07) is 0.542. The first-order chi connectivity index (χ1) is 7.70. The van der Waals surface area contributed by atoms with Gasteiger partial charge in [0.15, 0.2) is 0 Å². The van der Waals surface area contributed by atoms with Gasteiger partial charge in [0, 0.05) is 25.7 Å². The first-order valence-corrected chi connectivity index (χ1v) is 6.23. The number of nitrogens with zero attached hydrogens (tertiary/aromatic N) is 1. The summed E-state index contributed by atoms with van der Waals surface area (Å²) in [5.41, 5.74) is 0. The fraction of sp³-hybridized carbons (Fsp3) is 1.00. The third kappa shape index (κ3) is 5.80. The molecule has 4 heteroatoms. The molecule has 96 valence electrons. The molecular weight excluding hydrogens is 204 g/mol. The molecule has 2 unspecified atom stereocenters. The summed E-state index contributed by atoms with van der Waals surface area (Å²) in [4.78, 5) is 2.13. The lowest BCUT2D eigenvalue weighted by Crippen LogP contribution is -2.36. The molecular formula is C12H26N2O2. The third-order valence-corrected chi connectivity index (χ3v) is 3.07. The van der Waals surface area contributed by atoms with E-state index >= 15 is 0 Å². The summed E-state index contributed by atoms with van der Waals surface area (Å²) < 4.78 is 10.9. The van der Waals surface area contributed by atoms with Crippen LogP contribution in [0.5, 0.6) is 0 Å². The quantitative estimate of drug-likeness (QED) is 0.619. The minimum atomic E-state index is 0.542. The molecule has 4 nitrogen and oxygen atoms in total. The monoisotopic (exact) mass is 230 g/mol. The largest absolute Gasteiger partial charge is 0.381 e. The van der Waals surface area contributed by atoms with Crippen LogP contribution < -0.4 is 5.32 Å². The van der Waals surface area contributed by atoms with Crippen LogP contribution >= 0.6 is 0 Å². The van der Waals surface area contributed by atoms with E-state index in [9.17, 15) is 0 Å². The van der Waals surface area contributed by atoms with E-state index in [-0.39, 0.29) is 0 Å². The van der Waals surface area contributed by atoms with Gasteiger partial charge < -0.3 is 19.7 Å². The minimum Gasteiger partial charge on any atom is -0.381 e. The molecule has 0 aromatic heterocycles. The Kier molecular flexibility index (Phi) is 6.96. The lowest BCUT2D eigenvalue weighted by atomic mass is 10.0. The Morgan fingerprint density at radius 2 is 2.25 bits per heavy atom. The number of likely N-dealkylation sites (N-methyl/N-ethyl adjacent to an activating group) is 1. The second-order valence-electron chi connectivity index (χ2n) is 4.78. The van der Waals surface area contributed by atoms with Gasteiger partial charge in [-0.15, -0.1) is 0 Å². The van der Waals surface area contributed by atoms with Crippen molar-refractivity contribution in [2.75, 3.05) is 53.6 Å². The van der Waals surface area contributed by atoms with E-state index in [0.29, 0.717) is 12.0 Å². The van der Waals surface area contributed by atoms with Gasteiger partial charge in [0.05, 0.1) is 19.8 Å². The summed E-state index contributed by atoms with van der Waals surface area (Å²) in [6.07, 6.45) is 1.19. The van der Waals surface area contributed by atoms with Crippen molar-refractivity contribution >= 4 is 0 Å². The zero-order valence-corrected chi connectivity index (χ0v) is 10.9. The van der Waals surface area contributed by atoms with Gasteiger partial charge in [-0.1, -0.05) is 0 Å². The van der Waals surface area contributed by atoms with E-state index in [0.717, 1.165) is 39.5 Å². The minimum absolute atomic E-state index is 0.542. The van der Waals surface area contributed by atoms with Gasteiger partial charge in [0.2, 0.25) is 0 Å². The normalized spacial score (nSPS) is 22.9. The van der Waals surface area contributed by atoms with Crippen molar-refractivity contribution < 1.29 is 9.47 Å². The van der Waals surface area contributed by atoms with E-state index in [4.69, 9.17) is 9.47 Å². The van der Waals surface area contributed by atoms with Gasteiger partial charge >= 0.3 is 0 Å². The smallest absolute Gasteiger partial charge is 0.0593 e. The highest BCUT2D eigenvalue weighted by Crippen LogP contribution is 2.15. The van der Waals surface area contributed by atoms with Gasteiger partial charge in [-0.3, -0.25) is 0 Å². The molecule has 1 heterocycles. The molecule has 16 heavy (non-hydrogen) atoms. The predicted molar refractivity (Wildman–Crippen MR) is 65.8 cm³/mol. The number of rotatable bonds is 8. The zero-order valence-electron chi connectivity index (χ0n) is 10.9. The Morgan fingerprint density at radius 1 is 1.44 bits per heavy atom. The van der Waals surface area contributed by atoms with Gasteiger partial charge in [-0.2, -0.15) is 0 Å². The number of hydrogen-bond acceptors (Lipinski definition) is 4. The molecule has 1 fully saturated rings. The Hall–Kier alpha value is -0.160. The molecule has 0 aromatic carbocycles. The Bertz CT molecular complexity index is 170. The molecule has 2 atom stereocenters. The molecule has 0 amide bonds. The second-order valence-corrected chi connectivity index (χ2v) is 4.78. The fourth-order valence-electron chi connectivity index (χ4n) is 1.82. The van der Waals surface area contributed by atoms with Crippen molar-refractivity contribution in [3.8, 4) is 0 Å². The maximum absolute atomic E-state index is 5.52. The Labute approximate surface area is 99.3 Å². The predicted octanol–water partition coefficient (Wildman–Crippen LogP) is 0.579. The highest BCUT2D eigenvalue weighted by atomic mass is 16.5.